The van der Waals surface area contributed by atoms with Crippen LogP contribution < -0.4 is 15.5 Å². The number of nitrogens with zero attached hydrogens (tertiary/aromatic N) is 1. The Kier molecular flexibility index (Phi) is 4.13. The van der Waals surface area contributed by atoms with E-state index < -0.39 is 11.2 Å². The summed E-state index contributed by atoms with van der Waals surface area (Å²) in [6.07, 6.45) is 0.872. The van der Waals surface area contributed by atoms with E-state index in [2.05, 4.69) is 5.32 Å². The van der Waals surface area contributed by atoms with Crippen LogP contribution in [0.15, 0.2) is 41.3 Å². The zero-order valence-electron chi connectivity index (χ0n) is 11.2. The number of methoxy groups -OCH3 is 1. The highest BCUT2D eigenvalue weighted by Gasteiger charge is 2.09. The summed E-state index contributed by atoms with van der Waals surface area (Å²) >= 11 is 0. The third-order valence-electron chi connectivity index (χ3n) is 2.87. The van der Waals surface area contributed by atoms with E-state index in [-0.39, 0.29) is 18.1 Å². The van der Waals surface area contributed by atoms with Crippen molar-refractivity contribution in [3.8, 4) is 11.5 Å². The van der Waals surface area contributed by atoms with Gasteiger partial charge in [0.15, 0.2) is 5.75 Å². The molecule has 0 fully saturated rings. The van der Waals surface area contributed by atoms with Gasteiger partial charge < -0.3 is 20.4 Å². The number of rotatable bonds is 4. The molecule has 3 N–H and O–H groups in total. The molecule has 0 aliphatic heterocycles. The molecule has 0 radical (unpaired) electrons. The molecule has 0 bridgehead atoms. The highest BCUT2D eigenvalue weighted by molar-refractivity contribution is 5.94. The topological polar surface area (TPSA) is 101 Å². The summed E-state index contributed by atoms with van der Waals surface area (Å²) < 4.78 is 5.58. The molecular formula is C14H14N2O5. The molecule has 1 aromatic heterocycles. The summed E-state index contributed by atoms with van der Waals surface area (Å²) in [6, 6.07) is 7.53. The van der Waals surface area contributed by atoms with Crippen molar-refractivity contribution in [3.05, 3.63) is 58.0 Å². The van der Waals surface area contributed by atoms with Crippen LogP contribution in [0.5, 0.6) is 11.5 Å². The molecule has 1 amide bonds. The van der Waals surface area contributed by atoms with E-state index in [0.29, 0.717) is 16.0 Å². The maximum atomic E-state index is 11.9. The van der Waals surface area contributed by atoms with E-state index in [0.717, 1.165) is 12.3 Å². The number of pyridine rings is 1. The zero-order chi connectivity index (χ0) is 15.4. The van der Waals surface area contributed by atoms with Gasteiger partial charge in [-0.3, -0.25) is 9.59 Å². The number of benzene rings is 1. The van der Waals surface area contributed by atoms with Crippen molar-refractivity contribution in [2.24, 2.45) is 0 Å². The van der Waals surface area contributed by atoms with E-state index in [1.54, 1.807) is 24.3 Å². The lowest BCUT2D eigenvalue weighted by molar-refractivity contribution is 0.0945. The molecule has 0 unspecified atom stereocenters. The maximum Gasteiger partial charge on any atom is 0.251 e. The molecule has 110 valence electrons. The lowest BCUT2D eigenvalue weighted by Gasteiger charge is -2.09. The minimum absolute atomic E-state index is 0.0586. The normalized spacial score (nSPS) is 10.1. The van der Waals surface area contributed by atoms with Gasteiger partial charge in [-0.2, -0.15) is 4.73 Å². The second kappa shape index (κ2) is 6.00. The van der Waals surface area contributed by atoms with Crippen molar-refractivity contribution in [3.63, 3.8) is 0 Å². The average molecular weight is 290 g/mol. The quantitative estimate of drug-likeness (QED) is 0.721. The average Bonchev–Trinajstić information content (AvgIpc) is 2.49. The lowest BCUT2D eigenvalue weighted by atomic mass is 10.2. The molecule has 0 atom stereocenters. The summed E-state index contributed by atoms with van der Waals surface area (Å²) in [5, 5.41) is 21.2. The number of carbonyl (C=O) groups is 1. The van der Waals surface area contributed by atoms with Crippen molar-refractivity contribution in [2.45, 2.75) is 6.54 Å². The van der Waals surface area contributed by atoms with Gasteiger partial charge in [-0.25, -0.2) is 0 Å². The number of amides is 1. The predicted molar refractivity (Wildman–Crippen MR) is 73.7 cm³/mol. The van der Waals surface area contributed by atoms with Gasteiger partial charge in [-0.1, -0.05) is 0 Å². The second-order valence-corrected chi connectivity index (χ2v) is 4.27. The molecule has 0 saturated heterocycles. The van der Waals surface area contributed by atoms with Gasteiger partial charge in [0.05, 0.1) is 25.5 Å². The Morgan fingerprint density at radius 3 is 2.62 bits per heavy atom. The third-order valence-corrected chi connectivity index (χ3v) is 2.87. The fourth-order valence-corrected chi connectivity index (χ4v) is 1.70. The Balaban J connectivity index is 2.07. The first kappa shape index (κ1) is 14.4. The fraction of sp³-hybridized carbons (Fsp3) is 0.143. The van der Waals surface area contributed by atoms with Crippen LogP contribution in [0.2, 0.25) is 0 Å². The largest absolute Gasteiger partial charge is 0.503 e. The van der Waals surface area contributed by atoms with E-state index in [1.807, 2.05) is 0 Å². The van der Waals surface area contributed by atoms with Gasteiger partial charge in [-0.15, -0.1) is 0 Å². The SMILES string of the molecule is COc1ccc(C(=O)NCc2cc(=O)c(O)cn2O)cc1. The van der Waals surface area contributed by atoms with Crippen LogP contribution in [0.4, 0.5) is 0 Å². The van der Waals surface area contributed by atoms with E-state index in [4.69, 9.17) is 9.84 Å². The van der Waals surface area contributed by atoms with Crippen molar-refractivity contribution < 1.29 is 19.8 Å². The summed E-state index contributed by atoms with van der Waals surface area (Å²) in [6.45, 7) is -0.0586. The van der Waals surface area contributed by atoms with Gasteiger partial charge in [-0.05, 0) is 24.3 Å². The van der Waals surface area contributed by atoms with Crippen LogP contribution in [0, 0.1) is 0 Å². The fourth-order valence-electron chi connectivity index (χ4n) is 1.70. The van der Waals surface area contributed by atoms with E-state index in [1.165, 1.54) is 7.11 Å². The molecule has 7 nitrogen and oxygen atoms in total. The van der Waals surface area contributed by atoms with Crippen LogP contribution in [0.25, 0.3) is 0 Å². The number of aromatic hydroxyl groups is 1. The standard InChI is InChI=1S/C14H14N2O5/c1-21-11-4-2-9(3-5-11)14(19)15-7-10-6-12(17)13(18)8-16(10)20/h2-6,8,18,20H,7H2,1H3,(H,15,19). The smallest absolute Gasteiger partial charge is 0.251 e. The third kappa shape index (κ3) is 3.33. The monoisotopic (exact) mass is 290 g/mol. The van der Waals surface area contributed by atoms with Crippen LogP contribution in [-0.4, -0.2) is 28.1 Å². The zero-order valence-corrected chi connectivity index (χ0v) is 11.2. The Hall–Kier alpha value is -2.96. The first-order chi connectivity index (χ1) is 10.0. The van der Waals surface area contributed by atoms with E-state index in [9.17, 15) is 14.8 Å². The van der Waals surface area contributed by atoms with E-state index >= 15 is 0 Å². The van der Waals surface area contributed by atoms with Gasteiger partial charge >= 0.3 is 0 Å². The molecule has 0 aliphatic carbocycles. The van der Waals surface area contributed by atoms with Crippen molar-refractivity contribution in [2.75, 3.05) is 7.11 Å². The molecule has 1 heterocycles. The molecule has 0 aliphatic rings. The first-order valence-corrected chi connectivity index (χ1v) is 6.07. The summed E-state index contributed by atoms with van der Waals surface area (Å²) in [5.41, 5.74) is -0.0601. The van der Waals surface area contributed by atoms with Crippen LogP contribution in [0.1, 0.15) is 16.1 Å². The van der Waals surface area contributed by atoms with Gasteiger partial charge in [0.2, 0.25) is 5.43 Å². The second-order valence-electron chi connectivity index (χ2n) is 4.27. The lowest BCUT2D eigenvalue weighted by Crippen LogP contribution is -2.25. The van der Waals surface area contributed by atoms with Crippen molar-refractivity contribution in [1.82, 2.24) is 10.0 Å². The van der Waals surface area contributed by atoms with Crippen molar-refractivity contribution in [1.29, 1.82) is 0 Å². The maximum absolute atomic E-state index is 11.9. The van der Waals surface area contributed by atoms with Gasteiger partial charge in [0.25, 0.3) is 5.91 Å². The molecule has 21 heavy (non-hydrogen) atoms. The molecule has 2 aromatic rings. The van der Waals surface area contributed by atoms with Gasteiger partial charge in [0.1, 0.15) is 5.75 Å². The van der Waals surface area contributed by atoms with Crippen molar-refractivity contribution >= 4 is 5.91 Å². The number of aromatic nitrogens is 1. The van der Waals surface area contributed by atoms with Gasteiger partial charge in [0, 0.05) is 11.6 Å². The number of hydrogen-bond donors (Lipinski definition) is 3. The Bertz CT molecular complexity index is 706. The summed E-state index contributed by atoms with van der Waals surface area (Å²) in [4.78, 5) is 23.2. The molecule has 1 aromatic carbocycles. The number of ether oxygens (including phenoxy) is 1. The summed E-state index contributed by atoms with van der Waals surface area (Å²) in [5.74, 6) is -0.296. The highest BCUT2D eigenvalue weighted by Crippen LogP contribution is 2.11. The predicted octanol–water partition coefficient (Wildman–Crippen LogP) is 0.730. The van der Waals surface area contributed by atoms with Crippen LogP contribution >= 0.6 is 0 Å². The Labute approximate surface area is 120 Å². The minimum atomic E-state index is -0.631. The Morgan fingerprint density at radius 2 is 2.00 bits per heavy atom. The first-order valence-electron chi connectivity index (χ1n) is 6.07. The Morgan fingerprint density at radius 1 is 1.33 bits per heavy atom. The van der Waals surface area contributed by atoms with Crippen LogP contribution in [0.3, 0.4) is 0 Å². The van der Waals surface area contributed by atoms with Crippen LogP contribution in [-0.2, 0) is 6.54 Å². The molecule has 2 rings (SSSR count). The molecule has 7 heteroatoms. The minimum Gasteiger partial charge on any atom is -0.503 e. The number of hydrogen-bond acceptors (Lipinski definition) is 5. The number of nitrogens with one attached hydrogen (secondary N) is 1. The molecule has 0 saturated carbocycles. The number of carbonyl (C=O) groups excluding carboxylic acids is 1. The molecule has 0 spiro atoms. The summed E-state index contributed by atoms with van der Waals surface area (Å²) in [7, 11) is 1.53. The molecular weight excluding hydrogens is 276 g/mol. The highest BCUT2D eigenvalue weighted by atomic mass is 16.5.